The number of carbonyl (C=O) groups excluding carboxylic acids is 2. The molecule has 1 aliphatic carbocycles. The van der Waals surface area contributed by atoms with Crippen molar-refractivity contribution in [3.8, 4) is 0 Å². The van der Waals surface area contributed by atoms with E-state index in [9.17, 15) is 29.8 Å². The van der Waals surface area contributed by atoms with Crippen LogP contribution < -0.4 is 0 Å². The lowest BCUT2D eigenvalue weighted by Crippen LogP contribution is -2.51. The van der Waals surface area contributed by atoms with Crippen molar-refractivity contribution in [3.63, 3.8) is 0 Å². The van der Waals surface area contributed by atoms with Gasteiger partial charge in [-0.1, -0.05) is 6.08 Å². The van der Waals surface area contributed by atoms with Crippen LogP contribution in [0.5, 0.6) is 0 Å². The van der Waals surface area contributed by atoms with E-state index >= 15 is 0 Å². The predicted octanol–water partition coefficient (Wildman–Crippen LogP) is 0.891. The summed E-state index contributed by atoms with van der Waals surface area (Å²) >= 11 is 0. The van der Waals surface area contributed by atoms with Crippen LogP contribution in [0.25, 0.3) is 0 Å². The molecule has 0 spiro atoms. The van der Waals surface area contributed by atoms with Gasteiger partial charge in [0.25, 0.3) is 5.70 Å². The normalized spacial score (nSPS) is 24.1. The van der Waals surface area contributed by atoms with Gasteiger partial charge < -0.3 is 4.74 Å². The summed E-state index contributed by atoms with van der Waals surface area (Å²) in [6, 6.07) is 0. The maximum absolute atomic E-state index is 11.8. The number of esters is 1. The third-order valence-electron chi connectivity index (χ3n) is 3.20. The highest BCUT2D eigenvalue weighted by Crippen LogP contribution is 2.34. The first-order valence-corrected chi connectivity index (χ1v) is 6.12. The molecule has 1 aliphatic rings. The number of ketones is 1. The fraction of sp³-hybridized carbons (Fsp3) is 0.500. The van der Waals surface area contributed by atoms with Gasteiger partial charge in [-0.15, -0.1) is 0 Å². The van der Waals surface area contributed by atoms with E-state index in [1.807, 2.05) is 0 Å². The molecule has 0 aromatic rings. The minimum absolute atomic E-state index is 0.0940. The van der Waals surface area contributed by atoms with Crippen molar-refractivity contribution >= 4 is 11.8 Å². The van der Waals surface area contributed by atoms with Crippen LogP contribution in [0.1, 0.15) is 20.3 Å². The lowest BCUT2D eigenvalue weighted by molar-refractivity contribution is -0.547. The predicted molar refractivity (Wildman–Crippen MR) is 69.4 cm³/mol. The SMILES string of the molecule is CCOC(=O)CC1C=CC([N+](=O)[O-])=CC1(C(C)=O)[N+](=O)[O-]. The highest BCUT2D eigenvalue weighted by atomic mass is 16.6. The molecule has 9 heteroatoms. The lowest BCUT2D eigenvalue weighted by Gasteiger charge is -2.27. The van der Waals surface area contributed by atoms with Gasteiger partial charge in [-0.2, -0.15) is 0 Å². The number of hydrogen-bond acceptors (Lipinski definition) is 7. The zero-order chi connectivity index (χ0) is 16.2. The summed E-state index contributed by atoms with van der Waals surface area (Å²) in [6.07, 6.45) is 2.47. The highest BCUT2D eigenvalue weighted by Gasteiger charge is 2.56. The van der Waals surface area contributed by atoms with Crippen LogP contribution in [-0.4, -0.2) is 33.7 Å². The molecule has 2 atom stereocenters. The largest absolute Gasteiger partial charge is 0.466 e. The summed E-state index contributed by atoms with van der Waals surface area (Å²) in [6.45, 7) is 2.63. The van der Waals surface area contributed by atoms with Crippen LogP contribution in [0, 0.1) is 26.1 Å². The van der Waals surface area contributed by atoms with Gasteiger partial charge in [0, 0.05) is 17.9 Å². The van der Waals surface area contributed by atoms with Crippen molar-refractivity contribution in [2.24, 2.45) is 5.92 Å². The van der Waals surface area contributed by atoms with Crippen LogP contribution in [0.15, 0.2) is 23.9 Å². The fourth-order valence-electron chi connectivity index (χ4n) is 2.16. The second-order valence-corrected chi connectivity index (χ2v) is 4.44. The summed E-state index contributed by atoms with van der Waals surface area (Å²) in [5, 5.41) is 22.1. The number of rotatable bonds is 6. The molecular formula is C12H14N2O7. The van der Waals surface area contributed by atoms with E-state index in [4.69, 9.17) is 4.74 Å². The molecule has 0 heterocycles. The van der Waals surface area contributed by atoms with Crippen molar-refractivity contribution in [1.29, 1.82) is 0 Å². The van der Waals surface area contributed by atoms with Crippen molar-refractivity contribution in [3.05, 3.63) is 44.2 Å². The zero-order valence-electron chi connectivity index (χ0n) is 11.5. The molecule has 2 unspecified atom stereocenters. The monoisotopic (exact) mass is 298 g/mol. The lowest BCUT2D eigenvalue weighted by atomic mass is 9.76. The molecular weight excluding hydrogens is 284 g/mol. The molecule has 21 heavy (non-hydrogen) atoms. The number of ether oxygens (including phenoxy) is 1. The smallest absolute Gasteiger partial charge is 0.310 e. The summed E-state index contributed by atoms with van der Waals surface area (Å²) in [5.74, 6) is -2.73. The molecule has 1 rings (SSSR count). The minimum atomic E-state index is -2.33. The van der Waals surface area contributed by atoms with Crippen molar-refractivity contribution in [2.75, 3.05) is 6.61 Å². The summed E-state index contributed by atoms with van der Waals surface area (Å²) < 4.78 is 4.71. The number of carbonyl (C=O) groups is 2. The van der Waals surface area contributed by atoms with Crippen molar-refractivity contribution in [1.82, 2.24) is 0 Å². The average Bonchev–Trinajstić information content (AvgIpc) is 2.38. The van der Waals surface area contributed by atoms with Gasteiger partial charge in [0.15, 0.2) is 0 Å². The molecule has 0 N–H and O–H groups in total. The topological polar surface area (TPSA) is 130 Å². The minimum Gasteiger partial charge on any atom is -0.466 e. The Balaban J connectivity index is 3.27. The number of allylic oxidation sites excluding steroid dienone is 1. The number of nitrogens with zero attached hydrogens (tertiary/aromatic N) is 2. The molecule has 0 amide bonds. The molecule has 0 bridgehead atoms. The van der Waals surface area contributed by atoms with Gasteiger partial charge in [-0.25, -0.2) is 0 Å². The molecule has 114 valence electrons. The molecule has 0 saturated carbocycles. The average molecular weight is 298 g/mol. The number of hydrogen-bond donors (Lipinski definition) is 0. The van der Waals surface area contributed by atoms with Gasteiger partial charge in [-0.05, 0) is 6.92 Å². The Hall–Kier alpha value is -2.58. The van der Waals surface area contributed by atoms with Gasteiger partial charge in [0.05, 0.1) is 29.9 Å². The van der Waals surface area contributed by atoms with Crippen LogP contribution >= 0.6 is 0 Å². The third kappa shape index (κ3) is 3.12. The second-order valence-electron chi connectivity index (χ2n) is 4.44. The Bertz CT molecular complexity index is 536. The Kier molecular flexibility index (Phi) is 4.90. The van der Waals surface area contributed by atoms with Crippen LogP contribution in [-0.2, 0) is 14.3 Å². The van der Waals surface area contributed by atoms with Crippen LogP contribution in [0.2, 0.25) is 0 Å². The molecule has 0 radical (unpaired) electrons. The molecule has 0 aliphatic heterocycles. The fourth-order valence-corrected chi connectivity index (χ4v) is 2.16. The van der Waals surface area contributed by atoms with Crippen molar-refractivity contribution < 1.29 is 24.2 Å². The molecule has 0 aromatic heterocycles. The maximum atomic E-state index is 11.8. The van der Waals surface area contributed by atoms with E-state index in [-0.39, 0.29) is 6.61 Å². The molecule has 0 saturated heterocycles. The summed E-state index contributed by atoms with van der Waals surface area (Å²) in [4.78, 5) is 43.7. The quantitative estimate of drug-likeness (QED) is 0.404. The maximum Gasteiger partial charge on any atom is 0.310 e. The van der Waals surface area contributed by atoms with E-state index < -0.39 is 45.2 Å². The summed E-state index contributed by atoms with van der Waals surface area (Å²) in [7, 11) is 0. The van der Waals surface area contributed by atoms with E-state index in [2.05, 4.69) is 0 Å². The van der Waals surface area contributed by atoms with Crippen LogP contribution in [0.3, 0.4) is 0 Å². The van der Waals surface area contributed by atoms with Gasteiger partial charge in [0.1, 0.15) is 0 Å². The first-order valence-electron chi connectivity index (χ1n) is 6.12. The molecule has 9 nitrogen and oxygen atoms in total. The highest BCUT2D eigenvalue weighted by molar-refractivity contribution is 5.89. The van der Waals surface area contributed by atoms with Gasteiger partial charge in [0.2, 0.25) is 5.78 Å². The standard InChI is InChI=1S/C12H14N2O7/c1-3-21-11(16)6-9-4-5-10(13(17)18)7-12(9,8(2)15)14(19)20/h4-5,7,9H,3,6H2,1-2H3. The first-order chi connectivity index (χ1) is 9.75. The Morgan fingerprint density at radius 2 is 2.00 bits per heavy atom. The zero-order valence-corrected chi connectivity index (χ0v) is 11.5. The van der Waals surface area contributed by atoms with Gasteiger partial charge in [-0.3, -0.25) is 29.8 Å². The van der Waals surface area contributed by atoms with Gasteiger partial charge >= 0.3 is 11.5 Å². The van der Waals surface area contributed by atoms with E-state index in [0.29, 0.717) is 6.08 Å². The Labute approximate surface area is 119 Å². The third-order valence-corrected chi connectivity index (χ3v) is 3.20. The number of nitro groups is 2. The number of Topliss-reactive ketones (excluding diaryl/α,β-unsaturated/α-hetero) is 1. The van der Waals surface area contributed by atoms with E-state index in [0.717, 1.165) is 19.1 Å². The molecule has 0 fully saturated rings. The first kappa shape index (κ1) is 16.5. The second kappa shape index (κ2) is 6.25. The molecule has 0 aromatic carbocycles. The Morgan fingerprint density at radius 1 is 1.38 bits per heavy atom. The van der Waals surface area contributed by atoms with E-state index in [1.165, 1.54) is 0 Å². The van der Waals surface area contributed by atoms with Crippen LogP contribution in [0.4, 0.5) is 0 Å². The summed E-state index contributed by atoms with van der Waals surface area (Å²) in [5.41, 5.74) is -2.88. The van der Waals surface area contributed by atoms with Crippen molar-refractivity contribution in [2.45, 2.75) is 25.8 Å². The Morgan fingerprint density at radius 3 is 2.43 bits per heavy atom. The van der Waals surface area contributed by atoms with E-state index in [1.54, 1.807) is 6.92 Å².